The summed E-state index contributed by atoms with van der Waals surface area (Å²) in [5.74, 6) is 0.710. The van der Waals surface area contributed by atoms with E-state index in [9.17, 15) is 0 Å². The zero-order chi connectivity index (χ0) is 16.7. The summed E-state index contributed by atoms with van der Waals surface area (Å²) in [5.41, 5.74) is 2.84. The maximum absolute atomic E-state index is 8.81. The number of aliphatic imine (C=N–C) groups is 1. The van der Waals surface area contributed by atoms with Gasteiger partial charge in [-0.1, -0.05) is 35.9 Å². The molecule has 0 saturated carbocycles. The van der Waals surface area contributed by atoms with Crippen LogP contribution in [0.25, 0.3) is 0 Å². The van der Waals surface area contributed by atoms with Gasteiger partial charge in [0.05, 0.1) is 17.7 Å². The molecule has 24 heavy (non-hydrogen) atoms. The van der Waals surface area contributed by atoms with E-state index in [1.54, 1.807) is 7.05 Å². The zero-order valence-electron chi connectivity index (χ0n) is 13.6. The van der Waals surface area contributed by atoms with Crippen molar-refractivity contribution in [3.8, 4) is 6.07 Å². The van der Waals surface area contributed by atoms with Crippen molar-refractivity contribution in [3.05, 3.63) is 70.2 Å². The first-order valence-corrected chi connectivity index (χ1v) is 7.72. The molecular weight excluding hydrogens is 435 g/mol. The quantitative estimate of drug-likeness (QED) is 0.412. The average molecular weight is 455 g/mol. The molecule has 0 heterocycles. The second-order valence-corrected chi connectivity index (χ2v) is 5.59. The van der Waals surface area contributed by atoms with Gasteiger partial charge in [-0.05, 0) is 42.3 Å². The van der Waals surface area contributed by atoms with Crippen LogP contribution in [0.2, 0.25) is 5.02 Å². The summed E-state index contributed by atoms with van der Waals surface area (Å²) in [6.07, 6.45) is 0. The van der Waals surface area contributed by atoms with Gasteiger partial charge >= 0.3 is 0 Å². The molecule has 0 amide bonds. The Bertz CT molecular complexity index is 723. The Kier molecular flexibility index (Phi) is 8.58. The Balaban J connectivity index is 0.00000288. The highest BCUT2D eigenvalue weighted by atomic mass is 127. The van der Waals surface area contributed by atoms with Crippen LogP contribution in [-0.4, -0.2) is 13.0 Å². The highest BCUT2D eigenvalue weighted by molar-refractivity contribution is 14.0. The summed E-state index contributed by atoms with van der Waals surface area (Å²) in [4.78, 5) is 4.23. The van der Waals surface area contributed by atoms with Crippen LogP contribution in [0.3, 0.4) is 0 Å². The molecule has 0 aliphatic rings. The lowest BCUT2D eigenvalue weighted by Crippen LogP contribution is -2.38. The Labute approximate surface area is 165 Å². The third-order valence-electron chi connectivity index (χ3n) is 3.47. The second kappa shape index (κ2) is 10.2. The van der Waals surface area contributed by atoms with Crippen LogP contribution in [0.4, 0.5) is 0 Å². The number of nitrogens with zero attached hydrogens (tertiary/aromatic N) is 2. The van der Waals surface area contributed by atoms with Crippen molar-refractivity contribution in [3.63, 3.8) is 0 Å². The number of nitriles is 1. The lowest BCUT2D eigenvalue weighted by molar-refractivity contribution is 0.685. The fraction of sp³-hybridized carbons (Fsp3) is 0.222. The Morgan fingerprint density at radius 2 is 1.96 bits per heavy atom. The van der Waals surface area contributed by atoms with Crippen molar-refractivity contribution in [1.82, 2.24) is 10.6 Å². The van der Waals surface area contributed by atoms with E-state index < -0.39 is 0 Å². The molecule has 0 aliphatic carbocycles. The normalized spacial score (nSPS) is 11.8. The van der Waals surface area contributed by atoms with Crippen LogP contribution in [-0.2, 0) is 6.54 Å². The van der Waals surface area contributed by atoms with Crippen LogP contribution >= 0.6 is 35.6 Å². The van der Waals surface area contributed by atoms with Crippen LogP contribution in [0, 0.1) is 11.3 Å². The maximum Gasteiger partial charge on any atom is 0.191 e. The van der Waals surface area contributed by atoms with E-state index in [0.717, 1.165) is 16.1 Å². The van der Waals surface area contributed by atoms with Crippen molar-refractivity contribution in [2.75, 3.05) is 7.05 Å². The Hall–Kier alpha value is -1.78. The molecule has 4 nitrogen and oxygen atoms in total. The molecule has 0 radical (unpaired) electrons. The molecule has 0 spiro atoms. The number of hydrogen-bond acceptors (Lipinski definition) is 2. The van der Waals surface area contributed by atoms with E-state index in [1.807, 2.05) is 48.5 Å². The molecule has 126 valence electrons. The topological polar surface area (TPSA) is 60.2 Å². The fourth-order valence-electron chi connectivity index (χ4n) is 2.14. The molecule has 6 heteroatoms. The van der Waals surface area contributed by atoms with Gasteiger partial charge in [0, 0.05) is 18.6 Å². The molecule has 0 saturated heterocycles. The predicted molar refractivity (Wildman–Crippen MR) is 110 cm³/mol. The Morgan fingerprint density at radius 3 is 2.54 bits per heavy atom. The van der Waals surface area contributed by atoms with E-state index in [-0.39, 0.29) is 30.0 Å². The summed E-state index contributed by atoms with van der Waals surface area (Å²) in [6.45, 7) is 2.69. The molecule has 0 aliphatic heterocycles. The number of benzene rings is 2. The number of hydrogen-bond donors (Lipinski definition) is 2. The predicted octanol–water partition coefficient (Wildman–Crippen LogP) is 4.26. The van der Waals surface area contributed by atoms with Crippen molar-refractivity contribution in [2.45, 2.75) is 19.5 Å². The number of nitrogens with one attached hydrogen (secondary N) is 2. The van der Waals surface area contributed by atoms with Gasteiger partial charge in [0.1, 0.15) is 0 Å². The summed E-state index contributed by atoms with van der Waals surface area (Å²) in [5, 5.41) is 16.1. The molecule has 0 fully saturated rings. The van der Waals surface area contributed by atoms with Gasteiger partial charge in [0.25, 0.3) is 0 Å². The molecule has 1 unspecified atom stereocenters. The zero-order valence-corrected chi connectivity index (χ0v) is 16.7. The lowest BCUT2D eigenvalue weighted by atomic mass is 10.1. The third-order valence-corrected chi connectivity index (χ3v) is 3.70. The molecule has 2 aromatic carbocycles. The molecular formula is C18H20ClIN4. The standard InChI is InChI=1S/C18H19ClN4.HI/c1-13(16-4-3-5-17(19)10-16)23-18(21-2)22-12-15-8-6-14(11-20)7-9-15;/h3-10,13H,12H2,1-2H3,(H2,21,22,23);1H. The number of halogens is 2. The van der Waals surface area contributed by atoms with Gasteiger partial charge in [0.15, 0.2) is 5.96 Å². The van der Waals surface area contributed by atoms with Crippen molar-refractivity contribution in [1.29, 1.82) is 5.26 Å². The summed E-state index contributed by atoms with van der Waals surface area (Å²) < 4.78 is 0. The van der Waals surface area contributed by atoms with E-state index >= 15 is 0 Å². The van der Waals surface area contributed by atoms with Crippen LogP contribution in [0.1, 0.15) is 29.7 Å². The molecule has 2 aromatic rings. The first-order chi connectivity index (χ1) is 11.1. The van der Waals surface area contributed by atoms with Gasteiger partial charge in [-0.15, -0.1) is 24.0 Å². The fourth-order valence-corrected chi connectivity index (χ4v) is 2.34. The highest BCUT2D eigenvalue weighted by Gasteiger charge is 2.08. The van der Waals surface area contributed by atoms with E-state index in [0.29, 0.717) is 18.1 Å². The molecule has 0 aromatic heterocycles. The van der Waals surface area contributed by atoms with Gasteiger partial charge in [-0.2, -0.15) is 5.26 Å². The largest absolute Gasteiger partial charge is 0.352 e. The molecule has 2 rings (SSSR count). The SMILES string of the molecule is CN=C(NCc1ccc(C#N)cc1)NC(C)c1cccc(Cl)c1.I. The average Bonchev–Trinajstić information content (AvgIpc) is 2.58. The second-order valence-electron chi connectivity index (χ2n) is 5.16. The smallest absolute Gasteiger partial charge is 0.191 e. The molecule has 2 N–H and O–H groups in total. The number of guanidine groups is 1. The van der Waals surface area contributed by atoms with Crippen LogP contribution in [0.15, 0.2) is 53.5 Å². The summed E-state index contributed by atoms with van der Waals surface area (Å²) >= 11 is 6.03. The Morgan fingerprint density at radius 1 is 1.25 bits per heavy atom. The highest BCUT2D eigenvalue weighted by Crippen LogP contribution is 2.17. The molecule has 0 bridgehead atoms. The first-order valence-electron chi connectivity index (χ1n) is 7.34. The minimum Gasteiger partial charge on any atom is -0.352 e. The van der Waals surface area contributed by atoms with E-state index in [4.69, 9.17) is 16.9 Å². The minimum atomic E-state index is 0. The van der Waals surface area contributed by atoms with E-state index in [2.05, 4.69) is 28.6 Å². The molecule has 1 atom stereocenters. The van der Waals surface area contributed by atoms with Crippen LogP contribution in [0.5, 0.6) is 0 Å². The monoisotopic (exact) mass is 454 g/mol. The van der Waals surface area contributed by atoms with Gasteiger partial charge in [-0.3, -0.25) is 4.99 Å². The minimum absolute atomic E-state index is 0. The van der Waals surface area contributed by atoms with Gasteiger partial charge in [-0.25, -0.2) is 0 Å². The van der Waals surface area contributed by atoms with E-state index in [1.165, 1.54) is 0 Å². The van der Waals surface area contributed by atoms with Crippen molar-refractivity contribution < 1.29 is 0 Å². The van der Waals surface area contributed by atoms with Crippen LogP contribution < -0.4 is 10.6 Å². The third kappa shape index (κ3) is 6.02. The van der Waals surface area contributed by atoms with Gasteiger partial charge in [0.2, 0.25) is 0 Å². The summed E-state index contributed by atoms with van der Waals surface area (Å²) in [6, 6.07) is 17.4. The summed E-state index contributed by atoms with van der Waals surface area (Å²) in [7, 11) is 1.73. The van der Waals surface area contributed by atoms with Crippen molar-refractivity contribution >= 4 is 41.5 Å². The van der Waals surface area contributed by atoms with Gasteiger partial charge < -0.3 is 10.6 Å². The number of rotatable bonds is 4. The maximum atomic E-state index is 8.81. The lowest BCUT2D eigenvalue weighted by Gasteiger charge is -2.18. The first kappa shape index (κ1) is 20.3. The van der Waals surface area contributed by atoms with Crippen molar-refractivity contribution in [2.24, 2.45) is 4.99 Å².